The van der Waals surface area contributed by atoms with Crippen LogP contribution < -0.4 is 0 Å². The highest BCUT2D eigenvalue weighted by molar-refractivity contribution is 5.99. The Labute approximate surface area is 234 Å². The number of rotatable bonds is 6. The highest BCUT2D eigenvalue weighted by Crippen LogP contribution is 2.58. The number of morpholine rings is 1. The van der Waals surface area contributed by atoms with Gasteiger partial charge in [-0.2, -0.15) is 0 Å². The van der Waals surface area contributed by atoms with Crippen LogP contribution in [-0.4, -0.2) is 114 Å². The Hall–Kier alpha value is -3.05. The van der Waals surface area contributed by atoms with Crippen molar-refractivity contribution >= 4 is 17.8 Å². The van der Waals surface area contributed by atoms with Crippen LogP contribution in [0.4, 0.5) is 0 Å². The first-order valence-electron chi connectivity index (χ1n) is 14.2. The van der Waals surface area contributed by atoms with Crippen molar-refractivity contribution in [2.45, 2.75) is 36.6 Å². The fraction of sp³-hybridized carbons (Fsp3) is 0.567. The molecule has 10 nitrogen and oxygen atoms in total. The summed E-state index contributed by atoms with van der Waals surface area (Å²) < 4.78 is 17.8. The van der Waals surface area contributed by atoms with Gasteiger partial charge < -0.3 is 29.1 Å². The van der Waals surface area contributed by atoms with Gasteiger partial charge in [0, 0.05) is 32.7 Å². The Morgan fingerprint density at radius 1 is 0.975 bits per heavy atom. The molecule has 10 heteroatoms. The quantitative estimate of drug-likeness (QED) is 0.411. The van der Waals surface area contributed by atoms with Gasteiger partial charge in [-0.3, -0.25) is 19.3 Å². The first-order valence-corrected chi connectivity index (χ1v) is 14.2. The molecule has 1 aromatic rings. The van der Waals surface area contributed by atoms with Gasteiger partial charge in [-0.1, -0.05) is 54.6 Å². The van der Waals surface area contributed by atoms with Crippen LogP contribution in [0.2, 0.25) is 0 Å². The summed E-state index contributed by atoms with van der Waals surface area (Å²) in [5, 5.41) is 10.6. The Morgan fingerprint density at radius 3 is 2.50 bits per heavy atom. The van der Waals surface area contributed by atoms with E-state index in [1.807, 2.05) is 54.6 Å². The van der Waals surface area contributed by atoms with Gasteiger partial charge in [0.15, 0.2) is 0 Å². The summed E-state index contributed by atoms with van der Waals surface area (Å²) in [5.74, 6) is -3.05. The van der Waals surface area contributed by atoms with E-state index in [1.165, 1.54) is 4.90 Å². The van der Waals surface area contributed by atoms with E-state index in [-0.39, 0.29) is 25.0 Å². The number of aliphatic hydroxyl groups excluding tert-OH is 1. The number of esters is 1. The number of cyclic esters (lactones) is 1. The third-order valence-corrected chi connectivity index (χ3v) is 9.02. The molecule has 1 N–H and O–H groups in total. The number of nitrogens with zero attached hydrogens (tertiary/aromatic N) is 3. The Balaban J connectivity index is 1.43. The van der Waals surface area contributed by atoms with E-state index in [2.05, 4.69) is 4.90 Å². The van der Waals surface area contributed by atoms with E-state index < -0.39 is 41.1 Å². The van der Waals surface area contributed by atoms with Crippen LogP contribution in [0.5, 0.6) is 0 Å². The Bertz CT molecular complexity index is 1200. The zero-order valence-corrected chi connectivity index (χ0v) is 22.8. The minimum absolute atomic E-state index is 0.219. The number of carbonyl (C=O) groups excluding carboxylic acids is 3. The van der Waals surface area contributed by atoms with Gasteiger partial charge in [0.25, 0.3) is 0 Å². The first-order chi connectivity index (χ1) is 19.4. The molecule has 0 bridgehead atoms. The summed E-state index contributed by atoms with van der Waals surface area (Å²) in [5.41, 5.74) is -1.81. The molecule has 0 radical (unpaired) electrons. The number of ether oxygens (including phenoxy) is 3. The fourth-order valence-corrected chi connectivity index (χ4v) is 7.13. The molecule has 3 fully saturated rings. The molecule has 214 valence electrons. The monoisotopic (exact) mass is 551 g/mol. The van der Waals surface area contributed by atoms with Crippen molar-refractivity contribution < 1.29 is 33.7 Å². The lowest BCUT2D eigenvalue weighted by molar-refractivity contribution is -0.162. The highest BCUT2D eigenvalue weighted by Gasteiger charge is 2.75. The smallest absolute Gasteiger partial charge is 0.313 e. The average Bonchev–Trinajstić information content (AvgIpc) is 3.28. The molecular formula is C30H37N3O7. The third kappa shape index (κ3) is 4.38. The van der Waals surface area contributed by atoms with Crippen LogP contribution in [0.3, 0.4) is 0 Å². The van der Waals surface area contributed by atoms with Gasteiger partial charge in [0.2, 0.25) is 11.8 Å². The van der Waals surface area contributed by atoms with Crippen molar-refractivity contribution in [2.75, 3.05) is 59.2 Å². The molecule has 1 unspecified atom stereocenters. The molecule has 6 atom stereocenters. The molecule has 3 saturated heterocycles. The van der Waals surface area contributed by atoms with E-state index in [9.17, 15) is 19.5 Å². The standard InChI is InChI=1S/C30H37N3O7/c1-29-10-5-6-17-39-28(37)24(29)23-26(35)33(22(20-34)21-8-3-2-4-9-21)25-27(36)32(12-7-11-30(23,25)40-29)14-13-31-15-18-38-19-16-31/h2-5,7-11,22-25,34H,6,12-20H2,1H3/t22-,23+,24+,25?,29-,30+/m1/s1. The van der Waals surface area contributed by atoms with Crippen molar-refractivity contribution in [1.82, 2.24) is 14.7 Å². The van der Waals surface area contributed by atoms with Crippen LogP contribution in [0.25, 0.3) is 0 Å². The predicted octanol–water partition coefficient (Wildman–Crippen LogP) is 0.925. The summed E-state index contributed by atoms with van der Waals surface area (Å²) in [6, 6.07) is 7.36. The second-order valence-corrected chi connectivity index (χ2v) is 11.4. The number of hydrogen-bond donors (Lipinski definition) is 1. The molecule has 6 rings (SSSR count). The second kappa shape index (κ2) is 10.7. The number of carbonyl (C=O) groups is 3. The summed E-state index contributed by atoms with van der Waals surface area (Å²) in [6.07, 6.45) is 8.01. The minimum Gasteiger partial charge on any atom is -0.465 e. The van der Waals surface area contributed by atoms with E-state index in [0.29, 0.717) is 44.8 Å². The summed E-state index contributed by atoms with van der Waals surface area (Å²) in [6.45, 7) is 6.07. The van der Waals surface area contributed by atoms with Gasteiger partial charge in [-0.25, -0.2) is 0 Å². The van der Waals surface area contributed by atoms with E-state index in [1.54, 1.807) is 11.8 Å². The maximum absolute atomic E-state index is 14.5. The van der Waals surface area contributed by atoms with Gasteiger partial charge in [-0.15, -0.1) is 0 Å². The number of fused-ring (bicyclic) bond motifs is 2. The number of aliphatic hydroxyl groups is 1. The van der Waals surface area contributed by atoms with Crippen LogP contribution in [0, 0.1) is 11.8 Å². The van der Waals surface area contributed by atoms with Gasteiger partial charge >= 0.3 is 5.97 Å². The molecule has 1 aromatic carbocycles. The zero-order chi connectivity index (χ0) is 27.9. The van der Waals surface area contributed by atoms with Crippen molar-refractivity contribution in [1.29, 1.82) is 0 Å². The lowest BCUT2D eigenvalue weighted by atomic mass is 9.74. The SMILES string of the molecule is C[C@@]12C=CCCOC(=O)[C@@H]1[C@H]1C(=O)N([C@H](CO)c3ccccc3)C3C(=O)N(CCN4CCOCC4)CC=C[C@@]31O2. The van der Waals surface area contributed by atoms with Crippen LogP contribution in [-0.2, 0) is 28.6 Å². The zero-order valence-electron chi connectivity index (χ0n) is 22.8. The number of likely N-dealkylation sites (tertiary alicyclic amines) is 1. The molecular weight excluding hydrogens is 514 g/mol. The van der Waals surface area contributed by atoms with Crippen LogP contribution in [0.15, 0.2) is 54.6 Å². The topological polar surface area (TPSA) is 109 Å². The predicted molar refractivity (Wildman–Crippen MR) is 144 cm³/mol. The fourth-order valence-electron chi connectivity index (χ4n) is 7.13. The van der Waals surface area contributed by atoms with E-state index >= 15 is 0 Å². The van der Waals surface area contributed by atoms with Crippen molar-refractivity contribution in [3.05, 3.63) is 60.2 Å². The molecule has 0 saturated carbocycles. The first kappa shape index (κ1) is 27.1. The third-order valence-electron chi connectivity index (χ3n) is 9.02. The normalized spacial score (nSPS) is 35.0. The number of benzene rings is 1. The van der Waals surface area contributed by atoms with Crippen LogP contribution >= 0.6 is 0 Å². The minimum atomic E-state index is -1.39. The largest absolute Gasteiger partial charge is 0.465 e. The molecule has 1 spiro atoms. The van der Waals surface area contributed by atoms with Crippen molar-refractivity contribution in [3.8, 4) is 0 Å². The lowest BCUT2D eigenvalue weighted by Crippen LogP contribution is -2.57. The molecule has 5 aliphatic rings. The molecule has 0 aliphatic carbocycles. The Kier molecular flexibility index (Phi) is 7.28. The molecule has 40 heavy (non-hydrogen) atoms. The molecule has 5 aliphatic heterocycles. The summed E-state index contributed by atoms with van der Waals surface area (Å²) >= 11 is 0. The summed E-state index contributed by atoms with van der Waals surface area (Å²) in [4.78, 5) is 48.0. The second-order valence-electron chi connectivity index (χ2n) is 11.4. The Morgan fingerprint density at radius 2 is 1.75 bits per heavy atom. The van der Waals surface area contributed by atoms with Gasteiger partial charge in [0.1, 0.15) is 17.6 Å². The molecule has 2 amide bonds. The van der Waals surface area contributed by atoms with E-state index in [0.717, 1.165) is 13.1 Å². The van der Waals surface area contributed by atoms with E-state index in [4.69, 9.17) is 14.2 Å². The highest BCUT2D eigenvalue weighted by atomic mass is 16.6. The van der Waals surface area contributed by atoms with Gasteiger partial charge in [-0.05, 0) is 18.9 Å². The molecule has 5 heterocycles. The number of amides is 2. The number of hydrogen-bond acceptors (Lipinski definition) is 8. The average molecular weight is 552 g/mol. The van der Waals surface area contributed by atoms with Crippen LogP contribution in [0.1, 0.15) is 24.9 Å². The summed E-state index contributed by atoms with van der Waals surface area (Å²) in [7, 11) is 0. The van der Waals surface area contributed by atoms with Gasteiger partial charge in [0.05, 0.1) is 44.0 Å². The lowest BCUT2D eigenvalue weighted by Gasteiger charge is -2.40. The van der Waals surface area contributed by atoms with Crippen molar-refractivity contribution in [2.24, 2.45) is 11.8 Å². The maximum Gasteiger partial charge on any atom is 0.313 e. The van der Waals surface area contributed by atoms with Crippen molar-refractivity contribution in [3.63, 3.8) is 0 Å². The maximum atomic E-state index is 14.5. The molecule has 0 aromatic heterocycles.